The van der Waals surface area contributed by atoms with Gasteiger partial charge in [-0.25, -0.2) is 14.4 Å². The summed E-state index contributed by atoms with van der Waals surface area (Å²) in [7, 11) is 0. The molecule has 0 unspecified atom stereocenters. The van der Waals surface area contributed by atoms with Crippen LogP contribution in [0, 0.1) is 0 Å². The van der Waals surface area contributed by atoms with Crippen LogP contribution in [0.1, 0.15) is 41.0 Å². The van der Waals surface area contributed by atoms with Crippen molar-refractivity contribution in [1.82, 2.24) is 16.0 Å². The Balaban J connectivity index is 0.000000845. The minimum atomic E-state index is -5.08. The number of benzene rings is 3. The number of rotatable bonds is 13. The fraction of sp³-hybridized carbons (Fsp3) is 0.273. The van der Waals surface area contributed by atoms with Crippen LogP contribution in [0.5, 0.6) is 0 Å². The molecule has 0 bridgehead atoms. The van der Waals surface area contributed by atoms with Gasteiger partial charge in [0.05, 0.1) is 5.92 Å². The van der Waals surface area contributed by atoms with Crippen LogP contribution in [0.2, 0.25) is 0 Å². The van der Waals surface area contributed by atoms with Crippen LogP contribution >= 0.6 is 0 Å². The highest BCUT2D eigenvalue weighted by atomic mass is 19.4. The van der Waals surface area contributed by atoms with E-state index in [2.05, 4.69) is 20.9 Å². The molecule has 0 aromatic heterocycles. The minimum Gasteiger partial charge on any atom is -0.475 e. The second kappa shape index (κ2) is 21.8. The van der Waals surface area contributed by atoms with Crippen molar-refractivity contribution in [3.63, 3.8) is 0 Å². The van der Waals surface area contributed by atoms with Gasteiger partial charge in [0, 0.05) is 19.6 Å². The Morgan fingerprint density at radius 3 is 1.40 bits per heavy atom. The number of nitrogens with zero attached hydrogens (tertiary/aromatic N) is 1. The van der Waals surface area contributed by atoms with Crippen LogP contribution in [-0.4, -0.2) is 70.9 Å². The van der Waals surface area contributed by atoms with Gasteiger partial charge < -0.3 is 43.4 Å². The van der Waals surface area contributed by atoms with Crippen molar-refractivity contribution in [3.05, 3.63) is 107 Å². The van der Waals surface area contributed by atoms with Crippen molar-refractivity contribution in [2.45, 2.75) is 50.2 Å². The lowest BCUT2D eigenvalue weighted by Crippen LogP contribution is -2.48. The van der Waals surface area contributed by atoms with E-state index in [0.29, 0.717) is 25.9 Å². The van der Waals surface area contributed by atoms with Gasteiger partial charge in [0.15, 0.2) is 5.96 Å². The normalized spacial score (nSPS) is 11.3. The topological polar surface area (TPSA) is 252 Å². The van der Waals surface area contributed by atoms with Gasteiger partial charge in [-0.3, -0.25) is 14.6 Å². The number of nitrogens with one attached hydrogen (secondary N) is 3. The van der Waals surface area contributed by atoms with E-state index in [-0.39, 0.29) is 24.3 Å². The van der Waals surface area contributed by atoms with E-state index in [1.54, 1.807) is 0 Å². The summed E-state index contributed by atoms with van der Waals surface area (Å²) in [5, 5.41) is 22.7. The lowest BCUT2D eigenvalue weighted by Gasteiger charge is -2.23. The highest BCUT2D eigenvalue weighted by molar-refractivity contribution is 5.92. The highest BCUT2D eigenvalue weighted by Crippen LogP contribution is 2.25. The number of hydrogen-bond donors (Lipinski definition) is 8. The Labute approximate surface area is 298 Å². The Bertz CT molecular complexity index is 1590. The number of aliphatic imine (C=N–C) groups is 1. The van der Waals surface area contributed by atoms with Crippen LogP contribution in [0.4, 0.5) is 31.1 Å². The van der Waals surface area contributed by atoms with Gasteiger partial charge in [-0.15, -0.1) is 0 Å². The first-order valence-electron chi connectivity index (χ1n) is 15.2. The predicted octanol–water partition coefficient (Wildman–Crippen LogP) is 3.11. The molecule has 3 aromatic carbocycles. The van der Waals surface area contributed by atoms with Crippen LogP contribution < -0.4 is 33.2 Å². The van der Waals surface area contributed by atoms with Crippen LogP contribution in [-0.2, 0) is 32.3 Å². The minimum absolute atomic E-state index is 0.0252. The van der Waals surface area contributed by atoms with Crippen molar-refractivity contribution in [3.8, 4) is 0 Å². The molecule has 0 heterocycles. The summed E-state index contributed by atoms with van der Waals surface area (Å²) in [4.78, 5) is 59.6. The van der Waals surface area contributed by atoms with Gasteiger partial charge >= 0.3 is 30.3 Å². The number of carboxylic acid groups (broad SMARTS) is 2. The molecule has 20 heteroatoms. The van der Waals surface area contributed by atoms with E-state index < -0.39 is 42.3 Å². The van der Waals surface area contributed by atoms with Crippen molar-refractivity contribution in [2.75, 3.05) is 6.54 Å². The fourth-order valence-corrected chi connectivity index (χ4v) is 4.09. The number of carbonyl (C=O) groups is 5. The molecule has 1 atom stereocenters. The summed E-state index contributed by atoms with van der Waals surface area (Å²) in [5.74, 6) is -6.71. The van der Waals surface area contributed by atoms with Gasteiger partial charge in [0.2, 0.25) is 11.8 Å². The molecule has 11 N–H and O–H groups in total. The maximum atomic E-state index is 13.6. The van der Waals surface area contributed by atoms with Crippen molar-refractivity contribution >= 4 is 35.7 Å². The molecular weight excluding hydrogens is 720 g/mol. The number of carboxylic acids is 2. The summed E-state index contributed by atoms with van der Waals surface area (Å²) < 4.78 is 63.5. The molecule has 3 rings (SSSR count). The molecule has 0 fully saturated rings. The molecule has 53 heavy (non-hydrogen) atoms. The number of urea groups is 1. The summed E-state index contributed by atoms with van der Waals surface area (Å²) >= 11 is 0. The predicted molar refractivity (Wildman–Crippen MR) is 179 cm³/mol. The molecule has 3 aromatic rings. The number of carbonyl (C=O) groups excluding carboxylic acids is 3. The maximum Gasteiger partial charge on any atom is 0.490 e. The number of aliphatic carboxylic acids is 2. The zero-order valence-corrected chi connectivity index (χ0v) is 27.7. The van der Waals surface area contributed by atoms with Crippen molar-refractivity contribution in [1.29, 1.82) is 0 Å². The molecule has 0 spiro atoms. The second-order valence-electron chi connectivity index (χ2n) is 10.6. The lowest BCUT2D eigenvalue weighted by atomic mass is 9.90. The zero-order valence-electron chi connectivity index (χ0n) is 27.7. The maximum absolute atomic E-state index is 13.6. The van der Waals surface area contributed by atoms with E-state index in [1.807, 2.05) is 84.9 Å². The summed E-state index contributed by atoms with van der Waals surface area (Å²) in [5.41, 5.74) is 19.4. The Morgan fingerprint density at radius 2 is 1.04 bits per heavy atom. The third-order valence-electron chi connectivity index (χ3n) is 6.55. The number of nitrogens with two attached hydrogens (primary N) is 3. The second-order valence-corrected chi connectivity index (χ2v) is 10.6. The summed E-state index contributed by atoms with van der Waals surface area (Å²) in [6, 6.07) is 24.9. The third-order valence-corrected chi connectivity index (χ3v) is 6.55. The molecule has 14 nitrogen and oxygen atoms in total. The van der Waals surface area contributed by atoms with Gasteiger partial charge in [-0.05, 0) is 35.1 Å². The van der Waals surface area contributed by atoms with Crippen LogP contribution in [0.15, 0.2) is 89.9 Å². The van der Waals surface area contributed by atoms with Gasteiger partial charge in [-0.2, -0.15) is 26.3 Å². The number of primary amides is 1. The molecule has 0 saturated carbocycles. The van der Waals surface area contributed by atoms with E-state index >= 15 is 0 Å². The zero-order chi connectivity index (χ0) is 40.2. The monoisotopic (exact) mass is 757 g/mol. The summed E-state index contributed by atoms with van der Waals surface area (Å²) in [6.07, 6.45) is -9.32. The average molecular weight is 758 g/mol. The van der Waals surface area contributed by atoms with E-state index in [1.165, 1.54) is 0 Å². The van der Waals surface area contributed by atoms with Crippen molar-refractivity contribution in [2.24, 2.45) is 22.2 Å². The molecule has 4 amide bonds. The largest absolute Gasteiger partial charge is 0.490 e. The number of guanidine groups is 1. The third kappa shape index (κ3) is 18.5. The van der Waals surface area contributed by atoms with E-state index in [9.17, 15) is 40.7 Å². The molecule has 288 valence electrons. The molecule has 0 aliphatic rings. The molecular formula is C33H37F6N7O7. The standard InChI is InChI=1S/C29H35N7O3.2C2HF3O2/c30-28(31)33-17-7-12-24(26(37)34-18-20-13-15-21(16-14-20)19-35-29(32)39)36-27(38)25(22-8-3-1-4-9-22)23-10-5-2-6-11-23;2*3-2(4,5)1(6)7/h1-6,8-11,13-16,24-25H,7,12,17-19H2,(H,34,37)(H,36,38)(H4,30,31,33)(H3,32,35,39);2*(H,6,7)/t24-;;/m1../s1. The molecule has 0 aliphatic carbocycles. The lowest BCUT2D eigenvalue weighted by molar-refractivity contribution is -0.193. The highest BCUT2D eigenvalue weighted by Gasteiger charge is 2.39. The van der Waals surface area contributed by atoms with Gasteiger partial charge in [0.1, 0.15) is 6.04 Å². The molecule has 0 saturated heterocycles. The van der Waals surface area contributed by atoms with E-state index in [4.69, 9.17) is 37.0 Å². The van der Waals surface area contributed by atoms with Gasteiger partial charge in [-0.1, -0.05) is 84.9 Å². The molecule has 0 radical (unpaired) electrons. The van der Waals surface area contributed by atoms with Crippen LogP contribution in [0.25, 0.3) is 0 Å². The summed E-state index contributed by atoms with van der Waals surface area (Å²) in [6.45, 7) is 0.920. The first-order chi connectivity index (χ1) is 24.7. The quantitative estimate of drug-likeness (QED) is 0.0551. The van der Waals surface area contributed by atoms with Crippen LogP contribution in [0.3, 0.4) is 0 Å². The Morgan fingerprint density at radius 1 is 0.642 bits per heavy atom. The van der Waals surface area contributed by atoms with Gasteiger partial charge in [0.25, 0.3) is 0 Å². The average Bonchev–Trinajstić information content (AvgIpc) is 3.08. The van der Waals surface area contributed by atoms with Crippen molar-refractivity contribution < 1.29 is 60.5 Å². The Hall–Kier alpha value is -6.34. The SMILES string of the molecule is NC(=O)NCc1ccc(CNC(=O)[C@@H](CCCN=C(N)N)NC(=O)C(c2ccccc2)c2ccccc2)cc1.O=C(O)C(F)(F)F.O=C(O)C(F)(F)F. The fourth-order valence-electron chi connectivity index (χ4n) is 4.09. The molecule has 0 aliphatic heterocycles. The smallest absolute Gasteiger partial charge is 0.475 e. The first-order valence-corrected chi connectivity index (χ1v) is 15.2. The van der Waals surface area contributed by atoms with E-state index in [0.717, 1.165) is 22.3 Å². The first kappa shape index (κ1) is 44.7. The number of halogens is 6. The number of amides is 4. The number of alkyl halides is 6. The number of hydrogen-bond acceptors (Lipinski definition) is 6. The Kier molecular flexibility index (Phi) is 18.4.